The normalized spacial score (nSPS) is 20.4. The van der Waals surface area contributed by atoms with Gasteiger partial charge in [0.2, 0.25) is 0 Å². The number of ether oxygens (including phenoxy) is 1. The average Bonchev–Trinajstić information content (AvgIpc) is 3.05. The number of hydrogen-bond donors (Lipinski definition) is 1. The van der Waals surface area contributed by atoms with E-state index in [1.165, 1.54) is 4.88 Å². The van der Waals surface area contributed by atoms with Gasteiger partial charge in [-0.25, -0.2) is 9.78 Å². The van der Waals surface area contributed by atoms with Crippen molar-refractivity contribution in [2.75, 3.05) is 26.2 Å². The van der Waals surface area contributed by atoms with Crippen molar-refractivity contribution in [1.82, 2.24) is 20.1 Å². The third kappa shape index (κ3) is 4.23. The van der Waals surface area contributed by atoms with Crippen LogP contribution in [-0.4, -0.2) is 64.7 Å². The van der Waals surface area contributed by atoms with Gasteiger partial charge in [0, 0.05) is 24.5 Å². The van der Waals surface area contributed by atoms with Crippen LogP contribution in [0.15, 0.2) is 4.99 Å². The number of aliphatic imine (C=N–C) groups is 1. The van der Waals surface area contributed by atoms with Gasteiger partial charge in [-0.2, -0.15) is 0 Å². The lowest BCUT2D eigenvalue weighted by Crippen LogP contribution is -2.57. The first-order valence-corrected chi connectivity index (χ1v) is 9.50. The molecule has 1 fully saturated rings. The summed E-state index contributed by atoms with van der Waals surface area (Å²) < 4.78 is 5.48. The molecule has 1 atom stereocenters. The van der Waals surface area contributed by atoms with Gasteiger partial charge in [0.1, 0.15) is 5.60 Å². The summed E-state index contributed by atoms with van der Waals surface area (Å²) in [6, 6.07) is 0.230. The smallest absolute Gasteiger partial charge is 0.410 e. The highest BCUT2D eigenvalue weighted by Crippen LogP contribution is 2.20. The maximum absolute atomic E-state index is 12.3. The Morgan fingerprint density at radius 1 is 1.36 bits per heavy atom. The number of thiazole rings is 1. The fourth-order valence-electron chi connectivity index (χ4n) is 3.12. The Balaban J connectivity index is 1.54. The quantitative estimate of drug-likeness (QED) is 0.869. The molecule has 0 radical (unpaired) electrons. The molecule has 1 saturated heterocycles. The van der Waals surface area contributed by atoms with E-state index in [0.29, 0.717) is 19.6 Å². The molecule has 7 nitrogen and oxygen atoms in total. The number of aromatic nitrogens is 1. The highest BCUT2D eigenvalue weighted by atomic mass is 32.1. The number of amides is 1. The number of rotatable bonds is 2. The highest BCUT2D eigenvalue weighted by molar-refractivity contribution is 7.11. The molecular weight excluding hydrogens is 338 g/mol. The number of fused-ring (bicyclic) bond motifs is 1. The summed E-state index contributed by atoms with van der Waals surface area (Å²) in [5, 5.41) is 4.53. The zero-order chi connectivity index (χ0) is 18.2. The number of guanidine groups is 1. The van der Waals surface area contributed by atoms with Crippen LogP contribution < -0.4 is 5.32 Å². The molecule has 0 aliphatic carbocycles. The molecule has 0 spiro atoms. The molecule has 3 heterocycles. The van der Waals surface area contributed by atoms with E-state index < -0.39 is 5.60 Å². The van der Waals surface area contributed by atoms with Gasteiger partial charge in [-0.1, -0.05) is 0 Å². The Labute approximate surface area is 153 Å². The van der Waals surface area contributed by atoms with E-state index in [0.717, 1.165) is 29.8 Å². The SMILES string of the molecule is Cc1nc(C)c(CNC2=NCC3CN(C(=O)OC(C)(C)C)CCN23)s1. The Morgan fingerprint density at radius 3 is 2.76 bits per heavy atom. The zero-order valence-corrected chi connectivity index (χ0v) is 16.4. The molecule has 2 aliphatic heterocycles. The van der Waals surface area contributed by atoms with Gasteiger partial charge in [0.05, 0.1) is 29.8 Å². The van der Waals surface area contributed by atoms with Crippen molar-refractivity contribution < 1.29 is 9.53 Å². The molecule has 1 N–H and O–H groups in total. The number of aryl methyl sites for hydroxylation is 2. The first-order chi connectivity index (χ1) is 11.7. The Hall–Kier alpha value is -1.83. The molecule has 25 heavy (non-hydrogen) atoms. The van der Waals surface area contributed by atoms with Gasteiger partial charge in [0.25, 0.3) is 0 Å². The highest BCUT2D eigenvalue weighted by Gasteiger charge is 2.36. The molecule has 138 valence electrons. The van der Waals surface area contributed by atoms with Crippen molar-refractivity contribution in [3.05, 3.63) is 15.6 Å². The first-order valence-electron chi connectivity index (χ1n) is 8.69. The van der Waals surface area contributed by atoms with Gasteiger partial charge in [-0.15, -0.1) is 11.3 Å². The molecule has 1 amide bonds. The van der Waals surface area contributed by atoms with Crippen molar-refractivity contribution in [3.8, 4) is 0 Å². The lowest BCUT2D eigenvalue weighted by atomic mass is 10.2. The summed E-state index contributed by atoms with van der Waals surface area (Å²) in [7, 11) is 0. The number of carbonyl (C=O) groups excluding carboxylic acids is 1. The van der Waals surface area contributed by atoms with E-state index in [4.69, 9.17) is 4.74 Å². The van der Waals surface area contributed by atoms with Crippen LogP contribution in [0.5, 0.6) is 0 Å². The molecule has 0 saturated carbocycles. The van der Waals surface area contributed by atoms with E-state index in [9.17, 15) is 4.79 Å². The number of carbonyl (C=O) groups is 1. The van der Waals surface area contributed by atoms with Crippen LogP contribution in [0.3, 0.4) is 0 Å². The molecule has 1 aromatic heterocycles. The largest absolute Gasteiger partial charge is 0.444 e. The predicted molar refractivity (Wildman–Crippen MR) is 99.0 cm³/mol. The van der Waals surface area contributed by atoms with Crippen LogP contribution in [0.2, 0.25) is 0 Å². The van der Waals surface area contributed by atoms with Gasteiger partial charge >= 0.3 is 6.09 Å². The van der Waals surface area contributed by atoms with Crippen LogP contribution in [0.1, 0.15) is 36.3 Å². The van der Waals surface area contributed by atoms with E-state index in [1.807, 2.05) is 34.6 Å². The molecule has 1 unspecified atom stereocenters. The van der Waals surface area contributed by atoms with Crippen molar-refractivity contribution >= 4 is 23.4 Å². The Morgan fingerprint density at radius 2 is 2.12 bits per heavy atom. The van der Waals surface area contributed by atoms with Crippen LogP contribution in [0.25, 0.3) is 0 Å². The van der Waals surface area contributed by atoms with Crippen LogP contribution in [-0.2, 0) is 11.3 Å². The molecule has 8 heteroatoms. The minimum absolute atomic E-state index is 0.230. The van der Waals surface area contributed by atoms with Crippen molar-refractivity contribution in [3.63, 3.8) is 0 Å². The standard InChI is InChI=1S/C17H27N5O2S/c1-11-14(25-12(2)20-11)9-19-15-18-8-13-10-21(6-7-22(13)15)16(23)24-17(3,4)5/h13H,6-10H2,1-5H3,(H,18,19). The van der Waals surface area contributed by atoms with Gasteiger partial charge in [-0.05, 0) is 34.6 Å². The third-order valence-electron chi connectivity index (χ3n) is 4.26. The first kappa shape index (κ1) is 18.0. The summed E-state index contributed by atoms with van der Waals surface area (Å²) in [6.45, 7) is 13.3. The van der Waals surface area contributed by atoms with E-state index in [-0.39, 0.29) is 12.1 Å². The van der Waals surface area contributed by atoms with E-state index in [1.54, 1.807) is 16.2 Å². The summed E-state index contributed by atoms with van der Waals surface area (Å²) >= 11 is 1.72. The summed E-state index contributed by atoms with van der Waals surface area (Å²) in [4.78, 5) is 26.7. The second kappa shape index (κ2) is 6.82. The molecule has 0 aromatic carbocycles. The maximum Gasteiger partial charge on any atom is 0.410 e. The maximum atomic E-state index is 12.3. The monoisotopic (exact) mass is 365 g/mol. The van der Waals surface area contributed by atoms with Crippen molar-refractivity contribution in [1.29, 1.82) is 0 Å². The Bertz CT molecular complexity index is 679. The second-order valence-electron chi connectivity index (χ2n) is 7.53. The number of nitrogens with one attached hydrogen (secondary N) is 1. The lowest BCUT2D eigenvalue weighted by Gasteiger charge is -2.39. The number of piperazine rings is 1. The molecular formula is C17H27N5O2S. The molecule has 0 bridgehead atoms. The van der Waals surface area contributed by atoms with Gasteiger partial charge < -0.3 is 19.9 Å². The van der Waals surface area contributed by atoms with Gasteiger partial charge in [0.15, 0.2) is 5.96 Å². The Kier molecular flexibility index (Phi) is 4.90. The summed E-state index contributed by atoms with van der Waals surface area (Å²) in [5.41, 5.74) is 0.623. The lowest BCUT2D eigenvalue weighted by molar-refractivity contribution is 0.0137. The second-order valence-corrected chi connectivity index (χ2v) is 8.82. The minimum Gasteiger partial charge on any atom is -0.444 e. The summed E-state index contributed by atoms with van der Waals surface area (Å²) in [6.07, 6.45) is -0.232. The fourth-order valence-corrected chi connectivity index (χ4v) is 4.00. The fraction of sp³-hybridized carbons (Fsp3) is 0.706. The van der Waals surface area contributed by atoms with E-state index in [2.05, 4.69) is 20.2 Å². The third-order valence-corrected chi connectivity index (χ3v) is 5.34. The van der Waals surface area contributed by atoms with Crippen LogP contribution in [0.4, 0.5) is 4.79 Å². The molecule has 3 rings (SSSR count). The van der Waals surface area contributed by atoms with Crippen LogP contribution >= 0.6 is 11.3 Å². The van der Waals surface area contributed by atoms with E-state index >= 15 is 0 Å². The van der Waals surface area contributed by atoms with Crippen LogP contribution in [0, 0.1) is 13.8 Å². The zero-order valence-electron chi connectivity index (χ0n) is 15.6. The topological polar surface area (TPSA) is 70.1 Å². The predicted octanol–water partition coefficient (Wildman–Crippen LogP) is 2.14. The molecule has 1 aromatic rings. The molecule has 2 aliphatic rings. The summed E-state index contributed by atoms with van der Waals surface area (Å²) in [5.74, 6) is 0.930. The van der Waals surface area contributed by atoms with Gasteiger partial charge in [-0.3, -0.25) is 4.99 Å². The van der Waals surface area contributed by atoms with Crippen molar-refractivity contribution in [2.45, 2.75) is 52.8 Å². The average molecular weight is 366 g/mol. The number of hydrogen-bond acceptors (Lipinski definition) is 7. The minimum atomic E-state index is -0.460. The van der Waals surface area contributed by atoms with Crippen molar-refractivity contribution in [2.24, 2.45) is 4.99 Å². The number of nitrogens with zero attached hydrogens (tertiary/aromatic N) is 4.